The number of hydrogen-bond acceptors (Lipinski definition) is 3. The Morgan fingerprint density at radius 3 is 2.33 bits per heavy atom. The van der Waals surface area contributed by atoms with Crippen LogP contribution in [0.25, 0.3) is 22.0 Å². The molecule has 0 saturated carbocycles. The fourth-order valence-electron chi connectivity index (χ4n) is 3.23. The number of thioether (sulfide) groups is 1. The van der Waals surface area contributed by atoms with E-state index in [1.165, 1.54) is 23.4 Å². The van der Waals surface area contributed by atoms with Crippen molar-refractivity contribution in [1.29, 1.82) is 0 Å². The van der Waals surface area contributed by atoms with Crippen LogP contribution >= 0.6 is 11.8 Å². The second kappa shape index (κ2) is 7.89. The third kappa shape index (κ3) is 3.86. The minimum Gasteiger partial charge on any atom is -0.228 e. The topological polar surface area (TPSA) is 25.8 Å². The molecule has 134 valence electrons. The lowest BCUT2D eigenvalue weighted by Crippen LogP contribution is -2.00. The molecule has 1 aromatic heterocycles. The normalized spacial score (nSPS) is 11.0. The molecule has 0 aliphatic rings. The molecular formula is C23H19FN2S. The largest absolute Gasteiger partial charge is 0.228 e. The molecular weight excluding hydrogens is 355 g/mol. The van der Waals surface area contributed by atoms with E-state index in [9.17, 15) is 4.39 Å². The van der Waals surface area contributed by atoms with E-state index >= 15 is 0 Å². The van der Waals surface area contributed by atoms with Gasteiger partial charge < -0.3 is 0 Å². The Morgan fingerprint density at radius 1 is 0.815 bits per heavy atom. The molecule has 0 atom stereocenters. The molecule has 0 radical (unpaired) electrons. The van der Waals surface area contributed by atoms with Crippen LogP contribution in [0.3, 0.4) is 0 Å². The summed E-state index contributed by atoms with van der Waals surface area (Å²) < 4.78 is 14.2. The lowest BCUT2D eigenvalue weighted by atomic mass is 10.0. The molecule has 0 aliphatic heterocycles. The standard InChI is InChI=1S/C23H19FN2S/c1-27-23-25-17(12-11-16-7-3-2-4-8-16)15-22(26-23)20-13-14-21(24)19-10-6-5-9-18(19)20/h2-10,13-15H,11-12H2,1H3. The van der Waals surface area contributed by atoms with E-state index in [-0.39, 0.29) is 5.82 Å². The fourth-order valence-corrected chi connectivity index (χ4v) is 3.63. The van der Waals surface area contributed by atoms with Gasteiger partial charge in [0.25, 0.3) is 0 Å². The monoisotopic (exact) mass is 374 g/mol. The highest BCUT2D eigenvalue weighted by Crippen LogP contribution is 2.30. The molecule has 0 saturated heterocycles. The van der Waals surface area contributed by atoms with Crippen LogP contribution in [0.1, 0.15) is 11.3 Å². The Kier molecular flexibility index (Phi) is 5.16. The molecule has 0 spiro atoms. The summed E-state index contributed by atoms with van der Waals surface area (Å²) in [5.74, 6) is -0.210. The highest BCUT2D eigenvalue weighted by molar-refractivity contribution is 7.98. The average molecular weight is 374 g/mol. The van der Waals surface area contributed by atoms with E-state index in [1.54, 1.807) is 6.07 Å². The zero-order valence-electron chi connectivity index (χ0n) is 15.0. The Bertz CT molecular complexity index is 1080. The number of benzene rings is 3. The van der Waals surface area contributed by atoms with Crippen molar-refractivity contribution in [2.24, 2.45) is 0 Å². The zero-order valence-corrected chi connectivity index (χ0v) is 15.8. The van der Waals surface area contributed by atoms with E-state index in [0.29, 0.717) is 5.39 Å². The van der Waals surface area contributed by atoms with Crippen LogP contribution in [0.15, 0.2) is 78.0 Å². The predicted octanol–water partition coefficient (Wildman–Crippen LogP) is 5.94. The average Bonchev–Trinajstić information content (AvgIpc) is 2.73. The van der Waals surface area contributed by atoms with Crippen LogP contribution in [0, 0.1) is 5.82 Å². The summed E-state index contributed by atoms with van der Waals surface area (Å²) >= 11 is 1.53. The van der Waals surface area contributed by atoms with E-state index in [1.807, 2.05) is 42.7 Å². The van der Waals surface area contributed by atoms with Crippen molar-refractivity contribution in [2.75, 3.05) is 6.26 Å². The fraction of sp³-hybridized carbons (Fsp3) is 0.130. The molecule has 0 unspecified atom stereocenters. The van der Waals surface area contributed by atoms with Gasteiger partial charge in [-0.25, -0.2) is 14.4 Å². The highest BCUT2D eigenvalue weighted by Gasteiger charge is 2.11. The third-order valence-corrected chi connectivity index (χ3v) is 5.15. The lowest BCUT2D eigenvalue weighted by Gasteiger charge is -2.10. The molecule has 3 aromatic carbocycles. The second-order valence-corrected chi connectivity index (χ2v) is 7.13. The van der Waals surface area contributed by atoms with Gasteiger partial charge >= 0.3 is 0 Å². The van der Waals surface area contributed by atoms with Crippen LogP contribution in [-0.4, -0.2) is 16.2 Å². The Balaban J connectivity index is 1.74. The number of halogens is 1. The molecule has 4 rings (SSSR count). The van der Waals surface area contributed by atoms with Crippen LogP contribution in [0.4, 0.5) is 4.39 Å². The summed E-state index contributed by atoms with van der Waals surface area (Å²) in [6, 6.07) is 23.3. The van der Waals surface area contributed by atoms with Crippen molar-refractivity contribution < 1.29 is 4.39 Å². The molecule has 4 aromatic rings. The molecule has 0 N–H and O–H groups in total. The van der Waals surface area contributed by atoms with Gasteiger partial charge in [-0.2, -0.15) is 0 Å². The van der Waals surface area contributed by atoms with E-state index < -0.39 is 0 Å². The predicted molar refractivity (Wildman–Crippen MR) is 111 cm³/mol. The zero-order chi connectivity index (χ0) is 18.6. The van der Waals surface area contributed by atoms with Gasteiger partial charge in [0.2, 0.25) is 0 Å². The first-order chi connectivity index (χ1) is 13.2. The summed E-state index contributed by atoms with van der Waals surface area (Å²) in [6.45, 7) is 0. The van der Waals surface area contributed by atoms with Gasteiger partial charge in [-0.1, -0.05) is 66.4 Å². The van der Waals surface area contributed by atoms with Gasteiger partial charge in [0, 0.05) is 16.6 Å². The number of nitrogens with zero attached hydrogens (tertiary/aromatic N) is 2. The van der Waals surface area contributed by atoms with Crippen molar-refractivity contribution >= 4 is 22.5 Å². The molecule has 0 bridgehead atoms. The molecule has 2 nitrogen and oxygen atoms in total. The summed E-state index contributed by atoms with van der Waals surface area (Å²) in [6.07, 6.45) is 3.74. The molecule has 27 heavy (non-hydrogen) atoms. The van der Waals surface area contributed by atoms with E-state index in [0.717, 1.165) is 40.3 Å². The van der Waals surface area contributed by atoms with Crippen molar-refractivity contribution in [1.82, 2.24) is 9.97 Å². The van der Waals surface area contributed by atoms with Crippen molar-refractivity contribution in [3.8, 4) is 11.3 Å². The quantitative estimate of drug-likeness (QED) is 0.319. The van der Waals surface area contributed by atoms with Gasteiger partial charge in [0.05, 0.1) is 5.69 Å². The molecule has 0 fully saturated rings. The maximum absolute atomic E-state index is 14.2. The first kappa shape index (κ1) is 17.7. The van der Waals surface area contributed by atoms with Crippen LogP contribution in [-0.2, 0) is 12.8 Å². The summed E-state index contributed by atoms with van der Waals surface area (Å²) in [5.41, 5.74) is 4.07. The first-order valence-corrected chi connectivity index (χ1v) is 10.1. The minimum atomic E-state index is -0.210. The van der Waals surface area contributed by atoms with Gasteiger partial charge in [-0.3, -0.25) is 0 Å². The van der Waals surface area contributed by atoms with Crippen molar-refractivity contribution in [2.45, 2.75) is 18.0 Å². The van der Waals surface area contributed by atoms with Gasteiger partial charge in [0.15, 0.2) is 5.16 Å². The van der Waals surface area contributed by atoms with Crippen LogP contribution in [0.5, 0.6) is 0 Å². The number of aryl methyl sites for hydroxylation is 2. The molecule has 1 heterocycles. The SMILES string of the molecule is CSc1nc(CCc2ccccc2)cc(-c2ccc(F)c3ccccc23)n1. The minimum absolute atomic E-state index is 0.210. The first-order valence-electron chi connectivity index (χ1n) is 8.88. The number of aromatic nitrogens is 2. The van der Waals surface area contributed by atoms with Crippen molar-refractivity contribution in [3.63, 3.8) is 0 Å². The third-order valence-electron chi connectivity index (χ3n) is 4.60. The van der Waals surface area contributed by atoms with Gasteiger partial charge in [-0.15, -0.1) is 0 Å². The maximum Gasteiger partial charge on any atom is 0.188 e. The maximum atomic E-state index is 14.2. The van der Waals surface area contributed by atoms with Gasteiger partial charge in [-0.05, 0) is 48.2 Å². The molecule has 0 amide bonds. The van der Waals surface area contributed by atoms with Gasteiger partial charge in [0.1, 0.15) is 5.82 Å². The second-order valence-electron chi connectivity index (χ2n) is 6.36. The Morgan fingerprint density at radius 2 is 1.56 bits per heavy atom. The summed E-state index contributed by atoms with van der Waals surface area (Å²) in [4.78, 5) is 9.35. The smallest absolute Gasteiger partial charge is 0.188 e. The number of rotatable bonds is 5. The highest BCUT2D eigenvalue weighted by atomic mass is 32.2. The number of fused-ring (bicyclic) bond motifs is 1. The summed E-state index contributed by atoms with van der Waals surface area (Å²) in [7, 11) is 0. The summed E-state index contributed by atoms with van der Waals surface area (Å²) in [5, 5.41) is 2.23. The van der Waals surface area contributed by atoms with Crippen molar-refractivity contribution in [3.05, 3.63) is 89.9 Å². The van der Waals surface area contributed by atoms with E-state index in [4.69, 9.17) is 0 Å². The Hall–Kier alpha value is -2.72. The number of hydrogen-bond donors (Lipinski definition) is 0. The van der Waals surface area contributed by atoms with E-state index in [2.05, 4.69) is 34.2 Å². The van der Waals surface area contributed by atoms with Crippen LogP contribution < -0.4 is 0 Å². The lowest BCUT2D eigenvalue weighted by molar-refractivity contribution is 0.640. The Labute approximate surface area is 162 Å². The molecule has 0 aliphatic carbocycles. The van der Waals surface area contributed by atoms with Crippen LogP contribution in [0.2, 0.25) is 0 Å². The molecule has 4 heteroatoms.